The summed E-state index contributed by atoms with van der Waals surface area (Å²) in [6.07, 6.45) is 1.000. The average Bonchev–Trinajstić information content (AvgIpc) is 2.78. The van der Waals surface area contributed by atoms with Crippen LogP contribution in [0.25, 0.3) is 0 Å². The summed E-state index contributed by atoms with van der Waals surface area (Å²) < 4.78 is 10.6. The van der Waals surface area contributed by atoms with Crippen molar-refractivity contribution in [3.05, 3.63) is 23.8 Å². The number of hydrogen-bond acceptors (Lipinski definition) is 4. The third-order valence-electron chi connectivity index (χ3n) is 4.30. The third-order valence-corrected chi connectivity index (χ3v) is 4.30. The lowest BCUT2D eigenvalue weighted by Crippen LogP contribution is -2.35. The maximum absolute atomic E-state index is 6.11. The van der Waals surface area contributed by atoms with Crippen LogP contribution >= 0.6 is 0 Å². The first-order valence-electron chi connectivity index (χ1n) is 7.25. The van der Waals surface area contributed by atoms with Crippen molar-refractivity contribution < 1.29 is 9.47 Å². The molecule has 4 nitrogen and oxygen atoms in total. The molecule has 1 aliphatic heterocycles. The lowest BCUT2D eigenvalue weighted by atomic mass is 10.1. The predicted molar refractivity (Wildman–Crippen MR) is 81.4 cm³/mol. The number of benzene rings is 1. The number of methoxy groups -OCH3 is 2. The van der Waals surface area contributed by atoms with Gasteiger partial charge >= 0.3 is 0 Å². The Morgan fingerprint density at radius 3 is 2.50 bits per heavy atom. The Bertz CT molecular complexity index is 440. The molecule has 0 amide bonds. The topological polar surface area (TPSA) is 47.7 Å². The van der Waals surface area contributed by atoms with E-state index >= 15 is 0 Å². The van der Waals surface area contributed by atoms with E-state index in [0.717, 1.165) is 31.0 Å². The molecule has 0 saturated carbocycles. The number of rotatable bonds is 5. The van der Waals surface area contributed by atoms with Crippen LogP contribution in [0.2, 0.25) is 0 Å². The van der Waals surface area contributed by atoms with Crippen LogP contribution in [0.4, 0.5) is 0 Å². The van der Waals surface area contributed by atoms with Crippen molar-refractivity contribution in [2.24, 2.45) is 11.7 Å². The Morgan fingerprint density at radius 1 is 1.25 bits per heavy atom. The van der Waals surface area contributed by atoms with Crippen molar-refractivity contribution in [3.63, 3.8) is 0 Å². The van der Waals surface area contributed by atoms with Gasteiger partial charge in [0.25, 0.3) is 0 Å². The van der Waals surface area contributed by atoms with Crippen molar-refractivity contribution in [2.75, 3.05) is 27.3 Å². The first-order chi connectivity index (χ1) is 9.55. The van der Waals surface area contributed by atoms with Gasteiger partial charge in [-0.15, -0.1) is 0 Å². The molecular weight excluding hydrogens is 252 g/mol. The van der Waals surface area contributed by atoms with Gasteiger partial charge in [0, 0.05) is 25.2 Å². The second kappa shape index (κ2) is 6.46. The minimum absolute atomic E-state index is 0.308. The number of nitrogens with zero attached hydrogens (tertiary/aromatic N) is 1. The summed E-state index contributed by atoms with van der Waals surface area (Å²) in [5, 5.41) is 0. The molecule has 1 aromatic rings. The molecular formula is C16H26N2O2. The molecule has 1 aliphatic rings. The Morgan fingerprint density at radius 2 is 1.95 bits per heavy atom. The van der Waals surface area contributed by atoms with Crippen molar-refractivity contribution in [2.45, 2.75) is 32.4 Å². The molecule has 0 aliphatic carbocycles. The van der Waals surface area contributed by atoms with Crippen LogP contribution in [0.1, 0.15) is 19.4 Å². The number of nitrogens with two attached hydrogens (primary N) is 1. The lowest BCUT2D eigenvalue weighted by Gasteiger charge is -2.24. The van der Waals surface area contributed by atoms with Crippen molar-refractivity contribution >= 4 is 0 Å². The second-order valence-corrected chi connectivity index (χ2v) is 5.84. The van der Waals surface area contributed by atoms with Crippen LogP contribution in [0.5, 0.6) is 11.5 Å². The zero-order chi connectivity index (χ0) is 14.7. The molecule has 1 heterocycles. The molecule has 0 aromatic heterocycles. The Balaban J connectivity index is 2.03. The minimum atomic E-state index is 0.308. The number of ether oxygens (including phenoxy) is 2. The van der Waals surface area contributed by atoms with E-state index in [1.165, 1.54) is 5.56 Å². The minimum Gasteiger partial charge on any atom is -0.493 e. The largest absolute Gasteiger partial charge is 0.493 e. The van der Waals surface area contributed by atoms with Gasteiger partial charge < -0.3 is 15.2 Å². The van der Waals surface area contributed by atoms with Gasteiger partial charge in [0.15, 0.2) is 11.5 Å². The van der Waals surface area contributed by atoms with Crippen LogP contribution in [0.15, 0.2) is 18.2 Å². The molecule has 2 N–H and O–H groups in total. The second-order valence-electron chi connectivity index (χ2n) is 5.84. The predicted octanol–water partition coefficient (Wildman–Crippen LogP) is 1.91. The monoisotopic (exact) mass is 278 g/mol. The highest BCUT2D eigenvalue weighted by molar-refractivity contribution is 5.43. The fourth-order valence-corrected chi connectivity index (χ4v) is 2.87. The van der Waals surface area contributed by atoms with E-state index in [2.05, 4.69) is 30.9 Å². The van der Waals surface area contributed by atoms with Gasteiger partial charge in [-0.05, 0) is 37.0 Å². The van der Waals surface area contributed by atoms with Gasteiger partial charge in [-0.3, -0.25) is 4.90 Å². The van der Waals surface area contributed by atoms with Gasteiger partial charge in [0.05, 0.1) is 14.2 Å². The molecule has 1 saturated heterocycles. The highest BCUT2D eigenvalue weighted by Crippen LogP contribution is 2.28. The van der Waals surface area contributed by atoms with Gasteiger partial charge in [-0.1, -0.05) is 13.0 Å². The van der Waals surface area contributed by atoms with Crippen LogP contribution < -0.4 is 15.2 Å². The lowest BCUT2D eigenvalue weighted by molar-refractivity contribution is 0.248. The van der Waals surface area contributed by atoms with Gasteiger partial charge in [0.1, 0.15) is 0 Å². The molecule has 0 spiro atoms. The van der Waals surface area contributed by atoms with Gasteiger partial charge in [-0.2, -0.15) is 0 Å². The first kappa shape index (κ1) is 15.1. The number of likely N-dealkylation sites (tertiary alicyclic amines) is 1. The molecule has 112 valence electrons. The van der Waals surface area contributed by atoms with Crippen LogP contribution in [-0.2, 0) is 6.42 Å². The molecule has 1 fully saturated rings. The molecule has 0 bridgehead atoms. The average molecular weight is 278 g/mol. The van der Waals surface area contributed by atoms with E-state index in [-0.39, 0.29) is 0 Å². The van der Waals surface area contributed by atoms with Crippen LogP contribution in [0, 0.1) is 5.92 Å². The molecule has 4 heteroatoms. The smallest absolute Gasteiger partial charge is 0.160 e. The van der Waals surface area contributed by atoms with Crippen molar-refractivity contribution in [1.82, 2.24) is 4.90 Å². The zero-order valence-electron chi connectivity index (χ0n) is 12.9. The maximum Gasteiger partial charge on any atom is 0.160 e. The maximum atomic E-state index is 6.11. The Labute approximate surface area is 121 Å². The van der Waals surface area contributed by atoms with Gasteiger partial charge in [0.2, 0.25) is 0 Å². The zero-order valence-corrected chi connectivity index (χ0v) is 12.9. The van der Waals surface area contributed by atoms with Crippen molar-refractivity contribution in [3.8, 4) is 11.5 Å². The standard InChI is InChI=1S/C16H26N2O2/c1-11-9-18(10-14(11)17)12(2)7-13-5-6-15(19-3)16(8-13)20-4/h5-6,8,11-12,14H,7,9-10,17H2,1-4H3. The molecule has 3 unspecified atom stereocenters. The summed E-state index contributed by atoms with van der Waals surface area (Å²) in [4.78, 5) is 2.48. The number of hydrogen-bond donors (Lipinski definition) is 1. The summed E-state index contributed by atoms with van der Waals surface area (Å²) >= 11 is 0. The third kappa shape index (κ3) is 3.25. The van der Waals surface area contributed by atoms with Crippen LogP contribution in [-0.4, -0.2) is 44.3 Å². The quantitative estimate of drug-likeness (QED) is 0.894. The van der Waals surface area contributed by atoms with E-state index < -0.39 is 0 Å². The molecule has 20 heavy (non-hydrogen) atoms. The summed E-state index contributed by atoms with van der Waals surface area (Å²) in [6.45, 7) is 6.58. The molecule has 2 rings (SSSR count). The van der Waals surface area contributed by atoms with E-state index in [4.69, 9.17) is 15.2 Å². The van der Waals surface area contributed by atoms with E-state index in [9.17, 15) is 0 Å². The first-order valence-corrected chi connectivity index (χ1v) is 7.25. The van der Waals surface area contributed by atoms with Crippen LogP contribution in [0.3, 0.4) is 0 Å². The fourth-order valence-electron chi connectivity index (χ4n) is 2.87. The summed E-state index contributed by atoms with van der Waals surface area (Å²) in [5.74, 6) is 2.16. The Kier molecular flexibility index (Phi) is 4.89. The van der Waals surface area contributed by atoms with E-state index in [0.29, 0.717) is 18.0 Å². The highest BCUT2D eigenvalue weighted by atomic mass is 16.5. The van der Waals surface area contributed by atoms with Gasteiger partial charge in [-0.25, -0.2) is 0 Å². The summed E-state index contributed by atoms with van der Waals surface area (Å²) in [7, 11) is 3.33. The summed E-state index contributed by atoms with van der Waals surface area (Å²) in [6, 6.07) is 6.94. The Hall–Kier alpha value is -1.26. The highest BCUT2D eigenvalue weighted by Gasteiger charge is 2.29. The summed E-state index contributed by atoms with van der Waals surface area (Å²) in [5.41, 5.74) is 7.37. The molecule has 3 atom stereocenters. The van der Waals surface area contributed by atoms with E-state index in [1.54, 1.807) is 14.2 Å². The van der Waals surface area contributed by atoms with E-state index in [1.807, 2.05) is 6.07 Å². The molecule has 0 radical (unpaired) electrons. The SMILES string of the molecule is COc1ccc(CC(C)N2CC(C)C(N)C2)cc1OC. The van der Waals surface area contributed by atoms with Crippen molar-refractivity contribution in [1.29, 1.82) is 0 Å². The molecule has 1 aromatic carbocycles. The normalized spacial score (nSPS) is 24.6. The fraction of sp³-hybridized carbons (Fsp3) is 0.625.